The maximum absolute atomic E-state index is 9.71. The number of fused-ring (bicyclic) bond motifs is 1. The summed E-state index contributed by atoms with van der Waals surface area (Å²) in [6.45, 7) is 3.97. The zero-order valence-corrected chi connectivity index (χ0v) is 12.2. The summed E-state index contributed by atoms with van der Waals surface area (Å²) in [5.74, 6) is 0.766. The first-order valence-electron chi connectivity index (χ1n) is 5.30. The van der Waals surface area contributed by atoms with Crippen LogP contribution in [0.2, 0.25) is 0 Å². The predicted octanol–water partition coefficient (Wildman–Crippen LogP) is 1.76. The standard InChI is InChI=1S/C11H15IN4O/c1-11(2,17)5-13-9-8-7(12)4-16(3)10(8)15-6-14-9/h4,6,17H,5H2,1-3H3,(H,13,14,15). The molecule has 2 rings (SSSR count). The van der Waals surface area contributed by atoms with Crippen molar-refractivity contribution in [2.24, 2.45) is 7.05 Å². The minimum atomic E-state index is -0.766. The highest BCUT2D eigenvalue weighted by molar-refractivity contribution is 14.1. The number of aryl methyl sites for hydroxylation is 1. The van der Waals surface area contributed by atoms with Gasteiger partial charge in [0.25, 0.3) is 0 Å². The number of nitrogens with one attached hydrogen (secondary N) is 1. The molecule has 0 aliphatic rings. The van der Waals surface area contributed by atoms with Crippen LogP contribution in [0.25, 0.3) is 11.0 Å². The minimum Gasteiger partial charge on any atom is -0.389 e. The highest BCUT2D eigenvalue weighted by atomic mass is 127. The highest BCUT2D eigenvalue weighted by Crippen LogP contribution is 2.26. The summed E-state index contributed by atoms with van der Waals surface area (Å²) in [6, 6.07) is 0. The maximum atomic E-state index is 9.71. The van der Waals surface area contributed by atoms with Crippen molar-refractivity contribution >= 4 is 39.4 Å². The number of anilines is 1. The smallest absolute Gasteiger partial charge is 0.146 e. The zero-order chi connectivity index (χ0) is 12.6. The molecular weight excluding hydrogens is 331 g/mol. The van der Waals surface area contributed by atoms with E-state index in [2.05, 4.69) is 37.9 Å². The predicted molar refractivity (Wildman–Crippen MR) is 76.0 cm³/mol. The fraction of sp³-hybridized carbons (Fsp3) is 0.455. The Hall–Kier alpha value is -0.890. The Morgan fingerprint density at radius 1 is 1.47 bits per heavy atom. The molecular formula is C11H15IN4O. The number of rotatable bonds is 3. The van der Waals surface area contributed by atoms with Crippen molar-refractivity contribution in [1.29, 1.82) is 0 Å². The lowest BCUT2D eigenvalue weighted by Crippen LogP contribution is -2.29. The van der Waals surface area contributed by atoms with Crippen molar-refractivity contribution < 1.29 is 5.11 Å². The Labute approximate surface area is 113 Å². The van der Waals surface area contributed by atoms with Gasteiger partial charge in [-0.1, -0.05) is 0 Å². The molecule has 0 saturated heterocycles. The summed E-state index contributed by atoms with van der Waals surface area (Å²) >= 11 is 2.26. The molecule has 17 heavy (non-hydrogen) atoms. The third kappa shape index (κ3) is 2.68. The molecule has 0 aromatic carbocycles. The lowest BCUT2D eigenvalue weighted by Gasteiger charge is -2.18. The Balaban J connectivity index is 2.41. The van der Waals surface area contributed by atoms with E-state index in [-0.39, 0.29) is 0 Å². The molecule has 0 saturated carbocycles. The Kier molecular flexibility index (Phi) is 3.26. The van der Waals surface area contributed by atoms with E-state index in [1.165, 1.54) is 6.33 Å². The Morgan fingerprint density at radius 3 is 2.82 bits per heavy atom. The van der Waals surface area contributed by atoms with E-state index in [0.29, 0.717) is 6.54 Å². The molecule has 2 heterocycles. The van der Waals surface area contributed by atoms with Gasteiger partial charge in [0.1, 0.15) is 17.8 Å². The van der Waals surface area contributed by atoms with Gasteiger partial charge in [-0.2, -0.15) is 0 Å². The molecule has 0 aliphatic carbocycles. The van der Waals surface area contributed by atoms with Gasteiger partial charge in [-0.05, 0) is 36.4 Å². The van der Waals surface area contributed by atoms with Gasteiger partial charge >= 0.3 is 0 Å². The fourth-order valence-electron chi connectivity index (χ4n) is 1.59. The van der Waals surface area contributed by atoms with Crippen LogP contribution in [0.1, 0.15) is 13.8 Å². The molecule has 0 bridgehead atoms. The quantitative estimate of drug-likeness (QED) is 0.832. The molecule has 5 nitrogen and oxygen atoms in total. The van der Waals surface area contributed by atoms with E-state index >= 15 is 0 Å². The molecule has 0 fully saturated rings. The molecule has 92 valence electrons. The van der Waals surface area contributed by atoms with E-state index in [0.717, 1.165) is 20.4 Å². The number of nitrogens with zero attached hydrogens (tertiary/aromatic N) is 3. The minimum absolute atomic E-state index is 0.448. The largest absolute Gasteiger partial charge is 0.389 e. The monoisotopic (exact) mass is 346 g/mol. The van der Waals surface area contributed by atoms with Crippen molar-refractivity contribution in [2.45, 2.75) is 19.4 Å². The SMILES string of the molecule is Cn1cc(I)c2c(NCC(C)(C)O)ncnc21. The fourth-order valence-corrected chi connectivity index (χ4v) is 2.51. The maximum Gasteiger partial charge on any atom is 0.146 e. The van der Waals surface area contributed by atoms with Crippen molar-refractivity contribution in [3.63, 3.8) is 0 Å². The molecule has 0 atom stereocenters. The first-order valence-corrected chi connectivity index (χ1v) is 6.38. The lowest BCUT2D eigenvalue weighted by molar-refractivity contribution is 0.0944. The molecule has 0 unspecified atom stereocenters. The van der Waals surface area contributed by atoms with Crippen LogP contribution in [0.4, 0.5) is 5.82 Å². The van der Waals surface area contributed by atoms with Crippen LogP contribution in [0.5, 0.6) is 0 Å². The summed E-state index contributed by atoms with van der Waals surface area (Å²) in [6.07, 6.45) is 3.54. The molecule has 0 spiro atoms. The van der Waals surface area contributed by atoms with Crippen molar-refractivity contribution in [1.82, 2.24) is 14.5 Å². The van der Waals surface area contributed by atoms with Crippen molar-refractivity contribution in [3.05, 3.63) is 16.1 Å². The van der Waals surface area contributed by atoms with Crippen LogP contribution in [0.15, 0.2) is 12.5 Å². The summed E-state index contributed by atoms with van der Waals surface area (Å²) in [4.78, 5) is 8.48. The van der Waals surface area contributed by atoms with Crippen LogP contribution in [0, 0.1) is 3.57 Å². The van der Waals surface area contributed by atoms with Gasteiger partial charge in [0, 0.05) is 23.4 Å². The third-order valence-corrected chi connectivity index (χ3v) is 3.21. The summed E-state index contributed by atoms with van der Waals surface area (Å²) in [7, 11) is 1.96. The first-order chi connectivity index (χ1) is 7.88. The van der Waals surface area contributed by atoms with Crippen LogP contribution < -0.4 is 5.32 Å². The van der Waals surface area contributed by atoms with Crippen LogP contribution in [-0.2, 0) is 7.05 Å². The van der Waals surface area contributed by atoms with E-state index in [9.17, 15) is 5.11 Å². The number of aliphatic hydroxyl groups is 1. The second-order valence-corrected chi connectivity index (χ2v) is 5.84. The van der Waals surface area contributed by atoms with Crippen LogP contribution >= 0.6 is 22.6 Å². The molecule has 2 aromatic rings. The van der Waals surface area contributed by atoms with Gasteiger partial charge in [0.2, 0.25) is 0 Å². The van der Waals surface area contributed by atoms with Crippen LogP contribution in [-0.4, -0.2) is 31.8 Å². The summed E-state index contributed by atoms with van der Waals surface area (Å²) < 4.78 is 3.06. The molecule has 2 aromatic heterocycles. The second kappa shape index (κ2) is 4.41. The first kappa shape index (κ1) is 12.6. The van der Waals surface area contributed by atoms with Crippen LogP contribution in [0.3, 0.4) is 0 Å². The molecule has 0 aliphatic heterocycles. The number of hydrogen-bond acceptors (Lipinski definition) is 4. The normalized spacial score (nSPS) is 12.1. The van der Waals surface area contributed by atoms with E-state index in [1.807, 2.05) is 17.8 Å². The Bertz CT molecular complexity index is 544. The van der Waals surface area contributed by atoms with Gasteiger partial charge < -0.3 is 15.0 Å². The Morgan fingerprint density at radius 2 is 2.18 bits per heavy atom. The van der Waals surface area contributed by atoms with Gasteiger partial charge in [0.05, 0.1) is 11.0 Å². The zero-order valence-electron chi connectivity index (χ0n) is 10.0. The number of hydrogen-bond donors (Lipinski definition) is 2. The summed E-state index contributed by atoms with van der Waals surface area (Å²) in [5.41, 5.74) is 0.125. The van der Waals surface area contributed by atoms with E-state index in [1.54, 1.807) is 13.8 Å². The van der Waals surface area contributed by atoms with Gasteiger partial charge in [0.15, 0.2) is 0 Å². The molecule has 2 N–H and O–H groups in total. The van der Waals surface area contributed by atoms with Gasteiger partial charge in [-0.15, -0.1) is 0 Å². The van der Waals surface area contributed by atoms with E-state index in [4.69, 9.17) is 0 Å². The third-order valence-electron chi connectivity index (χ3n) is 2.40. The average Bonchev–Trinajstić information content (AvgIpc) is 2.52. The van der Waals surface area contributed by atoms with E-state index < -0.39 is 5.60 Å². The highest BCUT2D eigenvalue weighted by Gasteiger charge is 2.15. The number of aromatic nitrogens is 3. The van der Waals surface area contributed by atoms with Gasteiger partial charge in [-0.3, -0.25) is 0 Å². The molecule has 6 heteroatoms. The topological polar surface area (TPSA) is 63.0 Å². The average molecular weight is 346 g/mol. The van der Waals surface area contributed by atoms with Crippen molar-refractivity contribution in [2.75, 3.05) is 11.9 Å². The lowest BCUT2D eigenvalue weighted by atomic mass is 10.1. The molecule has 0 radical (unpaired) electrons. The molecule has 0 amide bonds. The van der Waals surface area contributed by atoms with Crippen molar-refractivity contribution in [3.8, 4) is 0 Å². The number of halogens is 1. The second-order valence-electron chi connectivity index (χ2n) is 4.67. The van der Waals surface area contributed by atoms with Gasteiger partial charge in [-0.25, -0.2) is 9.97 Å². The summed E-state index contributed by atoms with van der Waals surface area (Å²) in [5, 5.41) is 13.9.